The molecule has 2 saturated heterocycles. The van der Waals surface area contributed by atoms with Crippen LogP contribution in [-0.4, -0.2) is 41.4 Å². The average Bonchev–Trinajstić information content (AvgIpc) is 2.31. The maximum Gasteiger partial charge on any atom is 0.140 e. The van der Waals surface area contributed by atoms with Gasteiger partial charge in [0.1, 0.15) is 6.54 Å². The quantitative estimate of drug-likeness (QED) is 0.466. The molecule has 2 heterocycles. The van der Waals surface area contributed by atoms with Crippen LogP contribution < -0.4 is 0 Å². The molecule has 0 aromatic carbocycles. The van der Waals surface area contributed by atoms with E-state index in [0.717, 1.165) is 23.9 Å². The highest BCUT2D eigenvalue weighted by atomic mass is 16.3. The van der Waals surface area contributed by atoms with Crippen molar-refractivity contribution in [2.24, 2.45) is 0 Å². The smallest absolute Gasteiger partial charge is 0.140 e. The molecule has 2 atom stereocenters. The van der Waals surface area contributed by atoms with E-state index in [0.29, 0.717) is 12.1 Å². The van der Waals surface area contributed by atoms with Gasteiger partial charge in [0, 0.05) is 25.7 Å². The number of terminal acetylenes is 1. The molecule has 2 aliphatic heterocycles. The molecule has 2 heteroatoms. The molecule has 1 N–H and O–H groups in total. The lowest BCUT2D eigenvalue weighted by Gasteiger charge is -2.44. The Hall–Kier alpha value is -0.520. The normalized spacial score (nSPS) is 48.8. The number of hydrogen-bond donors (Lipinski definition) is 1. The van der Waals surface area contributed by atoms with Crippen LogP contribution in [0, 0.1) is 12.3 Å². The van der Waals surface area contributed by atoms with Gasteiger partial charge >= 0.3 is 0 Å². The van der Waals surface area contributed by atoms with Crippen molar-refractivity contribution in [1.82, 2.24) is 0 Å². The second kappa shape index (κ2) is 3.01. The molecule has 2 nitrogen and oxygen atoms in total. The summed E-state index contributed by atoms with van der Waals surface area (Å²) in [5.74, 6) is 2.78. The standard InChI is InChI=1S/C11H18NO/c1-3-6-12(2)9-4-5-10(12)8-11(13)7-9/h1,9-11,13H,4-8H2,2H3/q+1/t9-,10-,11?,12?/m0/s1. The van der Waals surface area contributed by atoms with Crippen LogP contribution in [0.4, 0.5) is 0 Å². The van der Waals surface area contributed by atoms with E-state index in [4.69, 9.17) is 6.42 Å². The summed E-state index contributed by atoms with van der Waals surface area (Å²) in [6.45, 7) is 0.835. The highest BCUT2D eigenvalue weighted by Gasteiger charge is 2.50. The third-order valence-electron chi connectivity index (χ3n) is 4.02. The molecule has 0 radical (unpaired) electrons. The zero-order valence-electron chi connectivity index (χ0n) is 8.24. The average molecular weight is 180 g/mol. The summed E-state index contributed by atoms with van der Waals surface area (Å²) in [5, 5.41) is 9.63. The van der Waals surface area contributed by atoms with Gasteiger partial charge < -0.3 is 9.59 Å². The van der Waals surface area contributed by atoms with Crippen LogP contribution in [0.25, 0.3) is 0 Å². The summed E-state index contributed by atoms with van der Waals surface area (Å²) in [6, 6.07) is 1.23. The zero-order valence-corrected chi connectivity index (χ0v) is 8.24. The fourth-order valence-electron chi connectivity index (χ4n) is 3.17. The molecule has 72 valence electrons. The van der Waals surface area contributed by atoms with Gasteiger partial charge in [-0.15, -0.1) is 6.42 Å². The predicted molar refractivity (Wildman–Crippen MR) is 51.9 cm³/mol. The Bertz CT molecular complexity index is 229. The summed E-state index contributed by atoms with van der Waals surface area (Å²) in [5.41, 5.74) is 0. The number of piperidine rings is 1. The van der Waals surface area contributed by atoms with Gasteiger partial charge in [-0.25, -0.2) is 0 Å². The molecule has 13 heavy (non-hydrogen) atoms. The number of hydrogen-bond acceptors (Lipinski definition) is 1. The van der Waals surface area contributed by atoms with E-state index < -0.39 is 0 Å². The molecule has 0 saturated carbocycles. The number of fused-ring (bicyclic) bond motifs is 2. The molecular formula is C11H18NO+. The first-order valence-corrected chi connectivity index (χ1v) is 5.13. The predicted octanol–water partition coefficient (Wildman–Crippen LogP) is 0.752. The Morgan fingerprint density at radius 1 is 1.38 bits per heavy atom. The van der Waals surface area contributed by atoms with E-state index >= 15 is 0 Å². The van der Waals surface area contributed by atoms with Crippen molar-refractivity contribution in [3.8, 4) is 12.3 Å². The summed E-state index contributed by atoms with van der Waals surface area (Å²) in [4.78, 5) is 0. The van der Waals surface area contributed by atoms with Crippen LogP contribution in [0.2, 0.25) is 0 Å². The second-order valence-electron chi connectivity index (χ2n) is 4.72. The van der Waals surface area contributed by atoms with E-state index in [2.05, 4.69) is 13.0 Å². The van der Waals surface area contributed by atoms with Crippen molar-refractivity contribution < 1.29 is 9.59 Å². The first-order valence-electron chi connectivity index (χ1n) is 5.13. The van der Waals surface area contributed by atoms with Crippen LogP contribution >= 0.6 is 0 Å². The van der Waals surface area contributed by atoms with Crippen LogP contribution in [0.5, 0.6) is 0 Å². The first-order chi connectivity index (χ1) is 6.16. The maximum atomic E-state index is 9.63. The molecule has 0 aromatic heterocycles. The van der Waals surface area contributed by atoms with Crippen molar-refractivity contribution in [2.75, 3.05) is 13.6 Å². The SMILES string of the molecule is C#CC[N+]1(C)[C@H]2CC[C@H]1CC(O)C2. The molecule has 0 amide bonds. The fourth-order valence-corrected chi connectivity index (χ4v) is 3.17. The van der Waals surface area contributed by atoms with E-state index in [9.17, 15) is 5.11 Å². The van der Waals surface area contributed by atoms with Crippen LogP contribution in [0.1, 0.15) is 25.7 Å². The van der Waals surface area contributed by atoms with Gasteiger partial charge in [-0.05, 0) is 5.92 Å². The van der Waals surface area contributed by atoms with E-state index in [1.165, 1.54) is 12.8 Å². The van der Waals surface area contributed by atoms with Crippen molar-refractivity contribution in [3.05, 3.63) is 0 Å². The lowest BCUT2D eigenvalue weighted by atomic mass is 9.97. The molecule has 0 aliphatic carbocycles. The van der Waals surface area contributed by atoms with Gasteiger partial charge in [0.2, 0.25) is 0 Å². The topological polar surface area (TPSA) is 20.2 Å². The molecule has 0 unspecified atom stereocenters. The minimum atomic E-state index is -0.0681. The summed E-state index contributed by atoms with van der Waals surface area (Å²) in [6.07, 6.45) is 9.74. The van der Waals surface area contributed by atoms with Gasteiger partial charge in [-0.2, -0.15) is 0 Å². The molecule has 2 aliphatic rings. The highest BCUT2D eigenvalue weighted by Crippen LogP contribution is 2.40. The van der Waals surface area contributed by atoms with Gasteiger partial charge in [-0.1, -0.05) is 0 Å². The van der Waals surface area contributed by atoms with E-state index in [1.54, 1.807) is 0 Å². The van der Waals surface area contributed by atoms with Crippen LogP contribution in [0.3, 0.4) is 0 Å². The number of quaternary nitrogens is 1. The Balaban J connectivity index is 2.19. The largest absolute Gasteiger partial charge is 0.393 e. The summed E-state index contributed by atoms with van der Waals surface area (Å²) >= 11 is 0. The minimum Gasteiger partial charge on any atom is -0.393 e. The van der Waals surface area contributed by atoms with Crippen LogP contribution in [-0.2, 0) is 0 Å². The van der Waals surface area contributed by atoms with Gasteiger partial charge in [0.15, 0.2) is 0 Å². The minimum absolute atomic E-state index is 0.0681. The van der Waals surface area contributed by atoms with Crippen molar-refractivity contribution >= 4 is 0 Å². The Morgan fingerprint density at radius 3 is 2.38 bits per heavy atom. The summed E-state index contributed by atoms with van der Waals surface area (Å²) < 4.78 is 1.02. The summed E-state index contributed by atoms with van der Waals surface area (Å²) in [7, 11) is 2.26. The molecule has 2 rings (SSSR count). The third-order valence-corrected chi connectivity index (χ3v) is 4.02. The van der Waals surface area contributed by atoms with Gasteiger partial charge in [-0.3, -0.25) is 0 Å². The van der Waals surface area contributed by atoms with Gasteiger partial charge in [0.05, 0.1) is 25.2 Å². The third kappa shape index (κ3) is 1.27. The molecule has 2 fully saturated rings. The molecule has 2 bridgehead atoms. The second-order valence-corrected chi connectivity index (χ2v) is 4.72. The Labute approximate surface area is 80.1 Å². The Morgan fingerprint density at radius 2 is 1.92 bits per heavy atom. The van der Waals surface area contributed by atoms with E-state index in [1.807, 2.05) is 0 Å². The molecule has 0 aromatic rings. The van der Waals surface area contributed by atoms with Crippen molar-refractivity contribution in [2.45, 2.75) is 43.9 Å². The Kier molecular flexibility index (Phi) is 2.09. The maximum absolute atomic E-state index is 9.63. The lowest BCUT2D eigenvalue weighted by Crippen LogP contribution is -2.58. The number of aliphatic hydroxyl groups is 1. The number of nitrogens with zero attached hydrogens (tertiary/aromatic N) is 1. The van der Waals surface area contributed by atoms with E-state index in [-0.39, 0.29) is 6.10 Å². The van der Waals surface area contributed by atoms with Gasteiger partial charge in [0.25, 0.3) is 0 Å². The highest BCUT2D eigenvalue weighted by molar-refractivity contribution is 4.91. The number of rotatable bonds is 1. The number of aliphatic hydroxyl groups excluding tert-OH is 1. The fraction of sp³-hybridized carbons (Fsp3) is 0.818. The molecular weight excluding hydrogens is 162 g/mol. The zero-order chi connectivity index (χ0) is 9.47. The van der Waals surface area contributed by atoms with Crippen molar-refractivity contribution in [1.29, 1.82) is 0 Å². The van der Waals surface area contributed by atoms with Crippen molar-refractivity contribution in [3.63, 3.8) is 0 Å². The lowest BCUT2D eigenvalue weighted by molar-refractivity contribution is -0.943. The molecule has 0 spiro atoms. The first kappa shape index (κ1) is 9.05. The van der Waals surface area contributed by atoms with Crippen LogP contribution in [0.15, 0.2) is 0 Å². The monoisotopic (exact) mass is 180 g/mol.